The second-order valence-electron chi connectivity index (χ2n) is 6.24. The standard InChI is InChI=1S/C19H18ClN5O3S/c1-25(2)19(26)23-17-9-8-13(11-21-17)14-10-16(18(20)22-12-14)24-29(27,28)15-6-4-3-5-7-15/h3-12,24H,1-2H3,(H,21,23,26). The average Bonchev–Trinajstić information content (AvgIpc) is 2.71. The quantitative estimate of drug-likeness (QED) is 0.599. The van der Waals surface area contributed by atoms with Gasteiger partial charge in [-0.3, -0.25) is 10.0 Å². The molecule has 3 aromatic rings. The van der Waals surface area contributed by atoms with Crippen molar-refractivity contribution in [2.45, 2.75) is 4.90 Å². The molecule has 0 radical (unpaired) electrons. The van der Waals surface area contributed by atoms with E-state index in [-0.39, 0.29) is 21.8 Å². The Morgan fingerprint density at radius 3 is 2.31 bits per heavy atom. The first kappa shape index (κ1) is 20.6. The summed E-state index contributed by atoms with van der Waals surface area (Å²) in [4.78, 5) is 21.4. The Morgan fingerprint density at radius 2 is 1.69 bits per heavy atom. The van der Waals surface area contributed by atoms with Crippen molar-refractivity contribution in [2.75, 3.05) is 24.1 Å². The zero-order valence-corrected chi connectivity index (χ0v) is 17.2. The lowest BCUT2D eigenvalue weighted by atomic mass is 10.1. The van der Waals surface area contributed by atoms with E-state index in [0.29, 0.717) is 16.9 Å². The number of sulfonamides is 1. The fourth-order valence-corrected chi connectivity index (χ4v) is 3.63. The van der Waals surface area contributed by atoms with Crippen LogP contribution in [0.4, 0.5) is 16.3 Å². The maximum atomic E-state index is 12.5. The van der Waals surface area contributed by atoms with Crippen molar-refractivity contribution in [3.8, 4) is 11.1 Å². The van der Waals surface area contributed by atoms with Gasteiger partial charge in [-0.2, -0.15) is 0 Å². The molecular formula is C19H18ClN5O3S. The average molecular weight is 432 g/mol. The number of carbonyl (C=O) groups is 1. The van der Waals surface area contributed by atoms with Gasteiger partial charge >= 0.3 is 6.03 Å². The van der Waals surface area contributed by atoms with Gasteiger partial charge in [0.15, 0.2) is 5.15 Å². The van der Waals surface area contributed by atoms with Crippen molar-refractivity contribution in [3.05, 3.63) is 66.1 Å². The SMILES string of the molecule is CN(C)C(=O)Nc1ccc(-c2cnc(Cl)c(NS(=O)(=O)c3ccccc3)c2)cn1. The van der Waals surface area contributed by atoms with Crippen molar-refractivity contribution in [1.82, 2.24) is 14.9 Å². The molecule has 0 bridgehead atoms. The van der Waals surface area contributed by atoms with Crippen LogP contribution in [0, 0.1) is 0 Å². The van der Waals surface area contributed by atoms with Crippen LogP contribution in [-0.2, 0) is 10.0 Å². The molecule has 150 valence electrons. The number of urea groups is 1. The number of hydrogen-bond donors (Lipinski definition) is 2. The van der Waals surface area contributed by atoms with E-state index in [1.165, 1.54) is 23.2 Å². The Labute approximate surface area is 173 Å². The van der Waals surface area contributed by atoms with Crippen LogP contribution in [0.2, 0.25) is 5.15 Å². The highest BCUT2D eigenvalue weighted by atomic mass is 35.5. The second-order valence-corrected chi connectivity index (χ2v) is 8.28. The Hall–Kier alpha value is -3.17. The third kappa shape index (κ3) is 5.01. The Morgan fingerprint density at radius 1 is 1.00 bits per heavy atom. The molecule has 0 saturated carbocycles. The normalized spacial score (nSPS) is 11.0. The molecule has 10 heteroatoms. The molecule has 8 nitrogen and oxygen atoms in total. The van der Waals surface area contributed by atoms with Gasteiger partial charge in [0, 0.05) is 37.6 Å². The summed E-state index contributed by atoms with van der Waals surface area (Å²) >= 11 is 6.08. The number of carbonyl (C=O) groups excluding carboxylic acids is 1. The minimum Gasteiger partial charge on any atom is -0.331 e. The number of halogens is 1. The zero-order valence-electron chi connectivity index (χ0n) is 15.6. The number of hydrogen-bond acceptors (Lipinski definition) is 5. The number of nitrogens with zero attached hydrogens (tertiary/aromatic N) is 3. The van der Waals surface area contributed by atoms with E-state index in [4.69, 9.17) is 11.6 Å². The number of pyridine rings is 2. The van der Waals surface area contributed by atoms with E-state index in [1.54, 1.807) is 56.7 Å². The highest BCUT2D eigenvalue weighted by Gasteiger charge is 2.16. The molecule has 0 fully saturated rings. The summed E-state index contributed by atoms with van der Waals surface area (Å²) in [6.07, 6.45) is 3.06. The molecule has 2 aromatic heterocycles. The summed E-state index contributed by atoms with van der Waals surface area (Å²) < 4.78 is 27.6. The first-order chi connectivity index (χ1) is 13.8. The Bertz CT molecular complexity index is 1120. The van der Waals surface area contributed by atoms with Crippen molar-refractivity contribution < 1.29 is 13.2 Å². The molecule has 0 unspecified atom stereocenters. The van der Waals surface area contributed by atoms with Crippen LogP contribution < -0.4 is 10.0 Å². The van der Waals surface area contributed by atoms with E-state index >= 15 is 0 Å². The topological polar surface area (TPSA) is 104 Å². The van der Waals surface area contributed by atoms with Gasteiger partial charge in [-0.15, -0.1) is 0 Å². The highest BCUT2D eigenvalue weighted by molar-refractivity contribution is 7.92. The van der Waals surface area contributed by atoms with Crippen molar-refractivity contribution in [1.29, 1.82) is 0 Å². The van der Waals surface area contributed by atoms with Gasteiger partial charge in [-0.25, -0.2) is 23.2 Å². The van der Waals surface area contributed by atoms with E-state index in [2.05, 4.69) is 20.0 Å². The minimum atomic E-state index is -3.81. The van der Waals surface area contributed by atoms with Gasteiger partial charge in [0.1, 0.15) is 5.82 Å². The molecule has 29 heavy (non-hydrogen) atoms. The number of benzene rings is 1. The molecule has 2 amide bonds. The lowest BCUT2D eigenvalue weighted by molar-refractivity contribution is 0.230. The number of aromatic nitrogens is 2. The molecule has 0 saturated heterocycles. The molecule has 0 aliphatic carbocycles. The van der Waals surface area contributed by atoms with E-state index in [9.17, 15) is 13.2 Å². The van der Waals surface area contributed by atoms with Crippen LogP contribution >= 0.6 is 11.6 Å². The minimum absolute atomic E-state index is 0.0241. The first-order valence-corrected chi connectivity index (χ1v) is 10.3. The molecule has 0 aliphatic rings. The van der Waals surface area contributed by atoms with E-state index in [1.807, 2.05) is 0 Å². The highest BCUT2D eigenvalue weighted by Crippen LogP contribution is 2.28. The molecule has 0 atom stereocenters. The molecule has 3 rings (SSSR count). The van der Waals surface area contributed by atoms with Crippen molar-refractivity contribution >= 4 is 39.2 Å². The Kier molecular flexibility index (Phi) is 6.00. The summed E-state index contributed by atoms with van der Waals surface area (Å²) in [5.41, 5.74) is 1.44. The van der Waals surface area contributed by atoms with Crippen LogP contribution in [0.5, 0.6) is 0 Å². The molecule has 1 aromatic carbocycles. The molecule has 2 heterocycles. The predicted molar refractivity (Wildman–Crippen MR) is 112 cm³/mol. The number of nitrogens with one attached hydrogen (secondary N) is 2. The second kappa shape index (κ2) is 8.46. The molecule has 2 N–H and O–H groups in total. The van der Waals surface area contributed by atoms with Crippen molar-refractivity contribution in [2.24, 2.45) is 0 Å². The monoisotopic (exact) mass is 431 g/mol. The lowest BCUT2D eigenvalue weighted by Gasteiger charge is -2.12. The predicted octanol–water partition coefficient (Wildman–Crippen LogP) is 3.69. The van der Waals surface area contributed by atoms with E-state index in [0.717, 1.165) is 0 Å². The first-order valence-electron chi connectivity index (χ1n) is 8.44. The van der Waals surface area contributed by atoms with Gasteiger partial charge in [0.25, 0.3) is 10.0 Å². The maximum Gasteiger partial charge on any atom is 0.322 e. The summed E-state index contributed by atoms with van der Waals surface area (Å²) in [5, 5.41) is 2.66. The zero-order chi connectivity index (χ0) is 21.0. The summed E-state index contributed by atoms with van der Waals surface area (Å²) in [6.45, 7) is 0. The number of anilines is 2. The van der Waals surface area contributed by atoms with Gasteiger partial charge in [-0.05, 0) is 30.3 Å². The van der Waals surface area contributed by atoms with Crippen LogP contribution in [0.15, 0.2) is 65.8 Å². The smallest absolute Gasteiger partial charge is 0.322 e. The number of amides is 2. The molecular weight excluding hydrogens is 414 g/mol. The summed E-state index contributed by atoms with van der Waals surface area (Å²) in [7, 11) is -0.553. The van der Waals surface area contributed by atoms with Gasteiger partial charge in [-0.1, -0.05) is 29.8 Å². The van der Waals surface area contributed by atoms with Crippen LogP contribution in [0.25, 0.3) is 11.1 Å². The van der Waals surface area contributed by atoms with E-state index < -0.39 is 10.0 Å². The molecule has 0 spiro atoms. The van der Waals surface area contributed by atoms with Gasteiger partial charge in [0.05, 0.1) is 10.6 Å². The van der Waals surface area contributed by atoms with Crippen LogP contribution in [0.1, 0.15) is 0 Å². The molecule has 0 aliphatic heterocycles. The Balaban J connectivity index is 1.85. The van der Waals surface area contributed by atoms with Crippen LogP contribution in [-0.4, -0.2) is 43.4 Å². The maximum absolute atomic E-state index is 12.5. The third-order valence-electron chi connectivity index (χ3n) is 3.87. The van der Waals surface area contributed by atoms with Crippen molar-refractivity contribution in [3.63, 3.8) is 0 Å². The summed E-state index contributed by atoms with van der Waals surface area (Å²) in [6, 6.07) is 12.6. The fourth-order valence-electron chi connectivity index (χ4n) is 2.34. The largest absolute Gasteiger partial charge is 0.331 e. The fraction of sp³-hybridized carbons (Fsp3) is 0.105. The summed E-state index contributed by atoms with van der Waals surface area (Å²) in [5.74, 6) is 0.388. The number of rotatable bonds is 5. The van der Waals surface area contributed by atoms with Gasteiger partial charge < -0.3 is 4.90 Å². The van der Waals surface area contributed by atoms with Crippen LogP contribution in [0.3, 0.4) is 0 Å². The lowest BCUT2D eigenvalue weighted by Crippen LogP contribution is -2.27. The van der Waals surface area contributed by atoms with Gasteiger partial charge in [0.2, 0.25) is 0 Å². The third-order valence-corrected chi connectivity index (χ3v) is 5.56.